The molecule has 164 valence electrons. The smallest absolute Gasteiger partial charge is 0.387 e. The first-order valence-corrected chi connectivity index (χ1v) is 9.85. The second kappa shape index (κ2) is 8.70. The van der Waals surface area contributed by atoms with Gasteiger partial charge in [-0.3, -0.25) is 9.48 Å². The number of benzene rings is 2. The highest BCUT2D eigenvalue weighted by Gasteiger charge is 2.19. The first-order chi connectivity index (χ1) is 15.4. The standard InChI is InChI=1S/C23H19F3N4O2/c1-3-30-12-17(13(2)29-30)20-11-16(15-6-4-5-7-18(15)27-20)22(31)28-19-9-8-14(24)10-21(19)32-23(25)26/h4-12,23H,3H2,1-2H3,(H,28,31). The van der Waals surface area contributed by atoms with Gasteiger partial charge in [0.1, 0.15) is 5.82 Å². The van der Waals surface area contributed by atoms with Gasteiger partial charge in [0.2, 0.25) is 0 Å². The van der Waals surface area contributed by atoms with Crippen molar-refractivity contribution < 1.29 is 22.7 Å². The minimum atomic E-state index is -3.17. The van der Waals surface area contributed by atoms with Gasteiger partial charge < -0.3 is 10.1 Å². The maximum Gasteiger partial charge on any atom is 0.387 e. The van der Waals surface area contributed by atoms with Crippen molar-refractivity contribution in [1.82, 2.24) is 14.8 Å². The third-order valence-electron chi connectivity index (χ3n) is 4.92. The second-order valence-electron chi connectivity index (χ2n) is 7.03. The summed E-state index contributed by atoms with van der Waals surface area (Å²) in [6.45, 7) is 1.33. The van der Waals surface area contributed by atoms with E-state index in [9.17, 15) is 18.0 Å². The van der Waals surface area contributed by atoms with E-state index in [0.29, 0.717) is 23.1 Å². The van der Waals surface area contributed by atoms with Crippen LogP contribution < -0.4 is 10.1 Å². The number of alkyl halides is 2. The summed E-state index contributed by atoms with van der Waals surface area (Å²) < 4.78 is 45.1. The molecular formula is C23H19F3N4O2. The molecule has 0 atom stereocenters. The van der Waals surface area contributed by atoms with Crippen LogP contribution in [-0.2, 0) is 6.54 Å². The Bertz CT molecular complexity index is 1300. The average molecular weight is 440 g/mol. The molecule has 9 heteroatoms. The summed E-state index contributed by atoms with van der Waals surface area (Å²) in [5, 5.41) is 7.55. The van der Waals surface area contributed by atoms with Crippen LogP contribution >= 0.6 is 0 Å². The SMILES string of the molecule is CCn1cc(-c2cc(C(=O)Nc3ccc(F)cc3OC(F)F)c3ccccc3n2)c(C)n1. The number of anilines is 1. The fourth-order valence-corrected chi connectivity index (χ4v) is 3.42. The normalized spacial score (nSPS) is 11.2. The summed E-state index contributed by atoms with van der Waals surface area (Å²) in [5.74, 6) is -1.80. The van der Waals surface area contributed by atoms with Gasteiger partial charge in [-0.1, -0.05) is 18.2 Å². The van der Waals surface area contributed by atoms with Crippen LogP contribution in [0.2, 0.25) is 0 Å². The van der Waals surface area contributed by atoms with Crippen molar-refractivity contribution in [3.05, 3.63) is 71.8 Å². The van der Waals surface area contributed by atoms with Gasteiger partial charge in [0, 0.05) is 29.8 Å². The van der Waals surface area contributed by atoms with Gasteiger partial charge >= 0.3 is 6.61 Å². The summed E-state index contributed by atoms with van der Waals surface area (Å²) in [6.07, 6.45) is 1.85. The Morgan fingerprint density at radius 2 is 1.97 bits per heavy atom. The van der Waals surface area contributed by atoms with Crippen molar-refractivity contribution in [1.29, 1.82) is 0 Å². The van der Waals surface area contributed by atoms with Crippen LogP contribution in [0.3, 0.4) is 0 Å². The van der Waals surface area contributed by atoms with Crippen LogP contribution in [0.25, 0.3) is 22.2 Å². The van der Waals surface area contributed by atoms with Gasteiger partial charge in [0.25, 0.3) is 5.91 Å². The number of rotatable bonds is 6. The Labute approximate surface area is 181 Å². The molecule has 1 amide bonds. The number of nitrogens with one attached hydrogen (secondary N) is 1. The molecule has 4 rings (SSSR count). The molecule has 0 bridgehead atoms. The highest BCUT2D eigenvalue weighted by molar-refractivity contribution is 6.13. The number of aryl methyl sites for hydroxylation is 2. The lowest BCUT2D eigenvalue weighted by Gasteiger charge is -2.13. The topological polar surface area (TPSA) is 69.0 Å². The highest BCUT2D eigenvalue weighted by Crippen LogP contribution is 2.30. The zero-order valence-corrected chi connectivity index (χ0v) is 17.3. The Morgan fingerprint density at radius 1 is 1.19 bits per heavy atom. The van der Waals surface area contributed by atoms with Crippen molar-refractivity contribution in [3.63, 3.8) is 0 Å². The van der Waals surface area contributed by atoms with Crippen molar-refractivity contribution in [3.8, 4) is 17.0 Å². The quantitative estimate of drug-likeness (QED) is 0.435. The van der Waals surface area contributed by atoms with E-state index in [1.165, 1.54) is 6.07 Å². The molecule has 4 aromatic rings. The number of pyridine rings is 1. The van der Waals surface area contributed by atoms with Gasteiger partial charge in [0.05, 0.1) is 28.2 Å². The number of carbonyl (C=O) groups is 1. The van der Waals surface area contributed by atoms with Gasteiger partial charge in [0.15, 0.2) is 5.75 Å². The van der Waals surface area contributed by atoms with Gasteiger partial charge in [-0.05, 0) is 38.1 Å². The summed E-state index contributed by atoms with van der Waals surface area (Å²) in [4.78, 5) is 17.9. The summed E-state index contributed by atoms with van der Waals surface area (Å²) >= 11 is 0. The van der Waals surface area contributed by atoms with E-state index in [2.05, 4.69) is 20.1 Å². The molecule has 0 aliphatic heterocycles. The van der Waals surface area contributed by atoms with Crippen molar-refractivity contribution in [2.24, 2.45) is 0 Å². The molecule has 0 aliphatic rings. The Balaban J connectivity index is 1.79. The molecule has 2 aromatic carbocycles. The van der Waals surface area contributed by atoms with Crippen molar-refractivity contribution >= 4 is 22.5 Å². The Morgan fingerprint density at radius 3 is 2.69 bits per heavy atom. The van der Waals surface area contributed by atoms with Crippen LogP contribution in [0.4, 0.5) is 18.9 Å². The first kappa shape index (κ1) is 21.4. The minimum absolute atomic E-state index is 0.0749. The van der Waals surface area contributed by atoms with Crippen molar-refractivity contribution in [2.75, 3.05) is 5.32 Å². The van der Waals surface area contributed by atoms with Gasteiger partial charge in [-0.25, -0.2) is 9.37 Å². The predicted octanol–water partition coefficient (Wildman–Crippen LogP) is 5.42. The molecule has 0 unspecified atom stereocenters. The predicted molar refractivity (Wildman–Crippen MR) is 114 cm³/mol. The molecule has 0 aliphatic carbocycles. The molecular weight excluding hydrogens is 421 g/mol. The number of carbonyl (C=O) groups excluding carboxylic acids is 1. The van der Waals surface area contributed by atoms with E-state index >= 15 is 0 Å². The molecule has 0 radical (unpaired) electrons. The number of fused-ring (bicyclic) bond motifs is 1. The van der Waals surface area contributed by atoms with E-state index in [-0.39, 0.29) is 11.3 Å². The molecule has 0 fully saturated rings. The molecule has 0 saturated heterocycles. The van der Waals surface area contributed by atoms with Crippen LogP contribution in [0.15, 0.2) is 54.7 Å². The number of halogens is 3. The number of nitrogens with zero attached hydrogens (tertiary/aromatic N) is 3. The van der Waals surface area contributed by atoms with E-state index in [1.54, 1.807) is 35.0 Å². The second-order valence-corrected chi connectivity index (χ2v) is 7.03. The van der Waals surface area contributed by atoms with E-state index in [1.807, 2.05) is 20.0 Å². The molecule has 1 N–H and O–H groups in total. The van der Waals surface area contributed by atoms with E-state index in [4.69, 9.17) is 0 Å². The molecule has 32 heavy (non-hydrogen) atoms. The molecule has 2 heterocycles. The number of amides is 1. The fraction of sp³-hybridized carbons (Fsp3) is 0.174. The number of hydrogen-bond acceptors (Lipinski definition) is 4. The Hall–Kier alpha value is -3.88. The number of ether oxygens (including phenoxy) is 1. The van der Waals surface area contributed by atoms with E-state index < -0.39 is 24.1 Å². The van der Waals surface area contributed by atoms with E-state index in [0.717, 1.165) is 23.4 Å². The van der Waals surface area contributed by atoms with Gasteiger partial charge in [-0.15, -0.1) is 0 Å². The lowest BCUT2D eigenvalue weighted by Crippen LogP contribution is -2.15. The zero-order chi connectivity index (χ0) is 22.8. The summed E-state index contributed by atoms with van der Waals surface area (Å²) in [7, 11) is 0. The third kappa shape index (κ3) is 4.27. The summed E-state index contributed by atoms with van der Waals surface area (Å²) in [5.41, 5.74) is 2.87. The van der Waals surface area contributed by atoms with Crippen LogP contribution in [-0.4, -0.2) is 27.3 Å². The Kier molecular flexibility index (Phi) is 5.81. The molecule has 6 nitrogen and oxygen atoms in total. The van der Waals surface area contributed by atoms with Crippen LogP contribution in [0, 0.1) is 12.7 Å². The minimum Gasteiger partial charge on any atom is -0.432 e. The molecule has 0 spiro atoms. The number of aromatic nitrogens is 3. The van der Waals surface area contributed by atoms with Crippen LogP contribution in [0.5, 0.6) is 5.75 Å². The highest BCUT2D eigenvalue weighted by atomic mass is 19.3. The van der Waals surface area contributed by atoms with Crippen LogP contribution in [0.1, 0.15) is 23.0 Å². The number of hydrogen-bond donors (Lipinski definition) is 1. The lowest BCUT2D eigenvalue weighted by molar-refractivity contribution is -0.0495. The average Bonchev–Trinajstić information content (AvgIpc) is 3.15. The number of para-hydroxylation sites is 1. The molecule has 2 aromatic heterocycles. The molecule has 0 saturated carbocycles. The largest absolute Gasteiger partial charge is 0.432 e. The maximum atomic E-state index is 13.5. The lowest BCUT2D eigenvalue weighted by atomic mass is 10.0. The maximum absolute atomic E-state index is 13.5. The first-order valence-electron chi connectivity index (χ1n) is 9.85. The summed E-state index contributed by atoms with van der Waals surface area (Å²) in [6, 6.07) is 11.7. The monoisotopic (exact) mass is 440 g/mol. The van der Waals surface area contributed by atoms with Gasteiger partial charge in [-0.2, -0.15) is 13.9 Å². The third-order valence-corrected chi connectivity index (χ3v) is 4.92. The van der Waals surface area contributed by atoms with Crippen molar-refractivity contribution in [2.45, 2.75) is 27.0 Å². The fourth-order valence-electron chi connectivity index (χ4n) is 3.42. The zero-order valence-electron chi connectivity index (χ0n) is 17.3.